The Morgan fingerprint density at radius 2 is 2.12 bits per heavy atom. The predicted molar refractivity (Wildman–Crippen MR) is 100 cm³/mol. The standard InChI is InChI=1S/C18H19ClFN5O/c19-15-9-13(4-5-16(15)20)23-17-10-18(22-12-21-17)24-14-3-1-6-25(11-14)7-2-8-26/h2,4-5,7-10,12,14H,1,3,6,11H2,(H2,21,22,23,24). The van der Waals surface area contributed by atoms with Crippen LogP contribution in [-0.2, 0) is 4.79 Å². The van der Waals surface area contributed by atoms with E-state index in [4.69, 9.17) is 11.6 Å². The van der Waals surface area contributed by atoms with E-state index < -0.39 is 5.82 Å². The smallest absolute Gasteiger partial charge is 0.144 e. The molecule has 0 radical (unpaired) electrons. The Morgan fingerprint density at radius 3 is 2.92 bits per heavy atom. The second-order valence-electron chi connectivity index (χ2n) is 6.00. The first kappa shape index (κ1) is 18.1. The maximum Gasteiger partial charge on any atom is 0.144 e. The third-order valence-corrected chi connectivity index (χ3v) is 4.33. The van der Waals surface area contributed by atoms with Crippen molar-refractivity contribution in [2.45, 2.75) is 18.9 Å². The summed E-state index contributed by atoms with van der Waals surface area (Å²) in [5.74, 6) is 0.813. The Balaban J connectivity index is 1.64. The van der Waals surface area contributed by atoms with Crippen molar-refractivity contribution in [3.63, 3.8) is 0 Å². The van der Waals surface area contributed by atoms with E-state index in [-0.39, 0.29) is 11.1 Å². The van der Waals surface area contributed by atoms with E-state index >= 15 is 0 Å². The van der Waals surface area contributed by atoms with Crippen LogP contribution in [0, 0.1) is 5.82 Å². The lowest BCUT2D eigenvalue weighted by molar-refractivity contribution is -0.104. The molecule has 0 aliphatic carbocycles. The summed E-state index contributed by atoms with van der Waals surface area (Å²) in [4.78, 5) is 21.0. The number of halogens is 2. The van der Waals surface area contributed by atoms with Gasteiger partial charge in [0.05, 0.1) is 5.02 Å². The number of hydrogen-bond donors (Lipinski definition) is 2. The van der Waals surface area contributed by atoms with Gasteiger partial charge in [-0.05, 0) is 37.1 Å². The molecule has 8 heteroatoms. The average molecular weight is 376 g/mol. The summed E-state index contributed by atoms with van der Waals surface area (Å²) < 4.78 is 13.2. The maximum atomic E-state index is 13.2. The number of rotatable bonds is 6. The fourth-order valence-corrected chi connectivity index (χ4v) is 3.03. The van der Waals surface area contributed by atoms with Gasteiger partial charge in [-0.2, -0.15) is 0 Å². The summed E-state index contributed by atoms with van der Waals surface area (Å²) in [6, 6.07) is 6.41. The lowest BCUT2D eigenvalue weighted by Gasteiger charge is -2.32. The summed E-state index contributed by atoms with van der Waals surface area (Å²) in [6.07, 6.45) is 7.61. The molecule has 136 valence electrons. The highest BCUT2D eigenvalue weighted by Crippen LogP contribution is 2.23. The number of allylic oxidation sites excluding steroid dienone is 1. The van der Waals surface area contributed by atoms with Gasteiger partial charge in [-0.3, -0.25) is 4.79 Å². The quantitative estimate of drug-likeness (QED) is 0.594. The largest absolute Gasteiger partial charge is 0.375 e. The van der Waals surface area contributed by atoms with Crippen molar-refractivity contribution in [3.05, 3.63) is 53.7 Å². The minimum atomic E-state index is -0.465. The molecule has 1 unspecified atom stereocenters. The Kier molecular flexibility index (Phi) is 6.01. The normalized spacial score (nSPS) is 17.3. The molecule has 2 heterocycles. The van der Waals surface area contributed by atoms with Crippen molar-refractivity contribution in [3.8, 4) is 0 Å². The number of aromatic nitrogens is 2. The third-order valence-electron chi connectivity index (χ3n) is 4.04. The van der Waals surface area contributed by atoms with E-state index in [1.54, 1.807) is 12.1 Å². The molecule has 1 aromatic carbocycles. The molecule has 0 spiro atoms. The van der Waals surface area contributed by atoms with Gasteiger partial charge in [-0.25, -0.2) is 14.4 Å². The Hall–Kier alpha value is -2.67. The van der Waals surface area contributed by atoms with Crippen LogP contribution in [0.15, 0.2) is 42.9 Å². The fourth-order valence-electron chi connectivity index (χ4n) is 2.85. The van der Waals surface area contributed by atoms with Crippen LogP contribution in [0.4, 0.5) is 21.7 Å². The molecule has 2 aromatic rings. The third kappa shape index (κ3) is 4.92. The van der Waals surface area contributed by atoms with E-state index in [1.165, 1.54) is 24.5 Å². The number of aldehydes is 1. The SMILES string of the molecule is O=CC=CN1CCCC(Nc2cc(Nc3ccc(F)c(Cl)c3)ncn2)C1. The molecule has 1 aromatic heterocycles. The number of nitrogens with zero attached hydrogens (tertiary/aromatic N) is 3. The predicted octanol–water partition coefficient (Wildman–Crippen LogP) is 3.60. The van der Waals surface area contributed by atoms with Crippen LogP contribution in [0.3, 0.4) is 0 Å². The van der Waals surface area contributed by atoms with Crippen LogP contribution in [0.5, 0.6) is 0 Å². The van der Waals surface area contributed by atoms with E-state index in [9.17, 15) is 9.18 Å². The monoisotopic (exact) mass is 375 g/mol. The van der Waals surface area contributed by atoms with Crippen molar-refractivity contribution in [1.82, 2.24) is 14.9 Å². The summed E-state index contributed by atoms with van der Waals surface area (Å²) in [5, 5.41) is 6.53. The van der Waals surface area contributed by atoms with Crippen LogP contribution in [0.2, 0.25) is 5.02 Å². The zero-order chi connectivity index (χ0) is 18.4. The first-order chi connectivity index (χ1) is 12.6. The van der Waals surface area contributed by atoms with Gasteiger partial charge in [0.2, 0.25) is 0 Å². The number of piperidine rings is 1. The highest BCUT2D eigenvalue weighted by molar-refractivity contribution is 6.31. The number of hydrogen-bond acceptors (Lipinski definition) is 6. The van der Waals surface area contributed by atoms with Gasteiger partial charge < -0.3 is 15.5 Å². The van der Waals surface area contributed by atoms with Crippen molar-refractivity contribution in [2.75, 3.05) is 23.7 Å². The van der Waals surface area contributed by atoms with Crippen LogP contribution < -0.4 is 10.6 Å². The van der Waals surface area contributed by atoms with Gasteiger partial charge >= 0.3 is 0 Å². The van der Waals surface area contributed by atoms with Gasteiger partial charge in [0, 0.05) is 37.1 Å². The highest BCUT2D eigenvalue weighted by Gasteiger charge is 2.18. The Labute approximate surface area is 156 Å². The van der Waals surface area contributed by atoms with Crippen LogP contribution in [0.25, 0.3) is 0 Å². The number of anilines is 3. The molecule has 1 aliphatic rings. The van der Waals surface area contributed by atoms with Gasteiger partial charge in [-0.15, -0.1) is 0 Å². The van der Waals surface area contributed by atoms with E-state index in [2.05, 4.69) is 25.5 Å². The molecule has 1 saturated heterocycles. The number of carbonyl (C=O) groups is 1. The Bertz CT molecular complexity index is 801. The topological polar surface area (TPSA) is 70.2 Å². The van der Waals surface area contributed by atoms with Crippen LogP contribution in [0.1, 0.15) is 12.8 Å². The maximum absolute atomic E-state index is 13.2. The number of nitrogens with one attached hydrogen (secondary N) is 2. The van der Waals surface area contributed by atoms with Crippen molar-refractivity contribution in [2.24, 2.45) is 0 Å². The van der Waals surface area contributed by atoms with Gasteiger partial charge in [0.15, 0.2) is 0 Å². The van der Waals surface area contributed by atoms with E-state index in [1.807, 2.05) is 6.20 Å². The molecular weight excluding hydrogens is 357 g/mol. The summed E-state index contributed by atoms with van der Waals surface area (Å²) in [7, 11) is 0. The fraction of sp³-hybridized carbons (Fsp3) is 0.278. The molecule has 1 fully saturated rings. The van der Waals surface area contributed by atoms with E-state index in [0.717, 1.165) is 32.2 Å². The molecule has 1 aliphatic heterocycles. The lowest BCUT2D eigenvalue weighted by atomic mass is 10.1. The molecule has 6 nitrogen and oxygen atoms in total. The van der Waals surface area contributed by atoms with E-state index in [0.29, 0.717) is 17.3 Å². The van der Waals surface area contributed by atoms with Gasteiger partial charge in [-0.1, -0.05) is 11.6 Å². The number of benzene rings is 1. The number of likely N-dealkylation sites (tertiary alicyclic amines) is 1. The van der Waals surface area contributed by atoms with Crippen LogP contribution >= 0.6 is 11.6 Å². The molecule has 0 bridgehead atoms. The lowest BCUT2D eigenvalue weighted by Crippen LogP contribution is -2.39. The molecule has 2 N–H and O–H groups in total. The van der Waals surface area contributed by atoms with Crippen molar-refractivity contribution >= 4 is 35.2 Å². The average Bonchev–Trinajstić information content (AvgIpc) is 2.64. The molecule has 1 atom stereocenters. The molecule has 0 saturated carbocycles. The first-order valence-electron chi connectivity index (χ1n) is 8.31. The molecule has 0 amide bonds. The molecule has 26 heavy (non-hydrogen) atoms. The van der Waals surface area contributed by atoms with Gasteiger partial charge in [0.1, 0.15) is 30.1 Å². The molecular formula is C18H19ClFN5O. The summed E-state index contributed by atoms with van der Waals surface area (Å²) in [6.45, 7) is 1.73. The second kappa shape index (κ2) is 8.62. The minimum absolute atomic E-state index is 0.0491. The highest BCUT2D eigenvalue weighted by atomic mass is 35.5. The van der Waals surface area contributed by atoms with Crippen molar-refractivity contribution < 1.29 is 9.18 Å². The molecule has 3 rings (SSSR count). The zero-order valence-corrected chi connectivity index (χ0v) is 14.8. The Morgan fingerprint density at radius 1 is 1.27 bits per heavy atom. The second-order valence-corrected chi connectivity index (χ2v) is 6.41. The van der Waals surface area contributed by atoms with Gasteiger partial charge in [0.25, 0.3) is 0 Å². The van der Waals surface area contributed by atoms with Crippen molar-refractivity contribution in [1.29, 1.82) is 0 Å². The van der Waals surface area contributed by atoms with Crippen LogP contribution in [-0.4, -0.2) is 40.3 Å². The summed E-state index contributed by atoms with van der Waals surface area (Å²) in [5.41, 5.74) is 0.642. The summed E-state index contributed by atoms with van der Waals surface area (Å²) >= 11 is 5.80. The number of carbonyl (C=O) groups excluding carboxylic acids is 1. The minimum Gasteiger partial charge on any atom is -0.375 e. The first-order valence-corrected chi connectivity index (χ1v) is 8.68. The zero-order valence-electron chi connectivity index (χ0n) is 14.0.